The molecule has 1 unspecified atom stereocenters. The molecule has 0 radical (unpaired) electrons. The molecule has 2 aliphatic rings. The summed E-state index contributed by atoms with van der Waals surface area (Å²) >= 11 is 0. The van der Waals surface area contributed by atoms with Crippen molar-refractivity contribution in [3.63, 3.8) is 0 Å². The van der Waals surface area contributed by atoms with Crippen LogP contribution in [-0.2, 0) is 4.79 Å². The summed E-state index contributed by atoms with van der Waals surface area (Å²) in [5.74, 6) is 0.889. The fourth-order valence-corrected chi connectivity index (χ4v) is 4.00. The van der Waals surface area contributed by atoms with Crippen molar-refractivity contribution in [1.29, 1.82) is 0 Å². The summed E-state index contributed by atoms with van der Waals surface area (Å²) in [7, 11) is 2.25. The zero-order chi connectivity index (χ0) is 12.3. The van der Waals surface area contributed by atoms with Gasteiger partial charge in [0.1, 0.15) is 5.78 Å². The highest BCUT2D eigenvalue weighted by atomic mass is 16.1. The number of carbonyl (C=O) groups excluding carboxylic acids is 1. The first kappa shape index (κ1) is 13.1. The van der Waals surface area contributed by atoms with Crippen molar-refractivity contribution in [2.24, 2.45) is 5.92 Å². The molecule has 2 atom stereocenters. The minimum absolute atomic E-state index is 0.239. The van der Waals surface area contributed by atoms with Crippen LogP contribution in [-0.4, -0.2) is 29.8 Å². The Morgan fingerprint density at radius 2 is 2.06 bits per heavy atom. The summed E-state index contributed by atoms with van der Waals surface area (Å²) in [5.41, 5.74) is 0.239. The Hall–Kier alpha value is -0.370. The fourth-order valence-electron chi connectivity index (χ4n) is 4.00. The molecule has 1 aliphatic heterocycles. The van der Waals surface area contributed by atoms with Crippen molar-refractivity contribution in [2.45, 2.75) is 70.3 Å². The lowest BCUT2D eigenvalue weighted by Gasteiger charge is -2.52. The first-order chi connectivity index (χ1) is 8.20. The van der Waals surface area contributed by atoms with Crippen LogP contribution in [0.4, 0.5) is 0 Å². The maximum Gasteiger partial charge on any atom is 0.137 e. The number of hydrogen-bond acceptors (Lipinski definition) is 2. The van der Waals surface area contributed by atoms with E-state index in [2.05, 4.69) is 18.9 Å². The SMILES string of the molecule is CCCC[C@@H]1C(=O)CCCC12CCCCN2C. The topological polar surface area (TPSA) is 20.3 Å². The average Bonchev–Trinajstić information content (AvgIpc) is 2.32. The van der Waals surface area contributed by atoms with E-state index in [0.29, 0.717) is 11.7 Å². The van der Waals surface area contributed by atoms with Gasteiger partial charge in [0.05, 0.1) is 0 Å². The van der Waals surface area contributed by atoms with Crippen molar-refractivity contribution in [2.75, 3.05) is 13.6 Å². The second kappa shape index (κ2) is 5.51. The van der Waals surface area contributed by atoms with Crippen LogP contribution in [0.3, 0.4) is 0 Å². The second-order valence-electron chi connectivity index (χ2n) is 6.00. The van der Waals surface area contributed by atoms with Crippen LogP contribution in [0.5, 0.6) is 0 Å². The van der Waals surface area contributed by atoms with Gasteiger partial charge < -0.3 is 0 Å². The van der Waals surface area contributed by atoms with E-state index in [4.69, 9.17) is 0 Å². The molecule has 0 aromatic carbocycles. The molecule has 2 fully saturated rings. The predicted molar refractivity (Wildman–Crippen MR) is 71.1 cm³/mol. The third kappa shape index (κ3) is 2.42. The lowest BCUT2D eigenvalue weighted by molar-refractivity contribution is -0.134. The van der Waals surface area contributed by atoms with Gasteiger partial charge >= 0.3 is 0 Å². The molecule has 0 N–H and O–H groups in total. The summed E-state index contributed by atoms with van der Waals surface area (Å²) in [6, 6.07) is 0. The van der Waals surface area contributed by atoms with E-state index in [9.17, 15) is 4.79 Å². The zero-order valence-electron chi connectivity index (χ0n) is 11.5. The number of nitrogens with zero attached hydrogens (tertiary/aromatic N) is 1. The minimum atomic E-state index is 0.239. The van der Waals surface area contributed by atoms with Gasteiger partial charge in [-0.25, -0.2) is 0 Å². The number of unbranched alkanes of at least 4 members (excludes halogenated alkanes) is 1. The predicted octanol–water partition coefficient (Wildman–Crippen LogP) is 3.40. The average molecular weight is 237 g/mol. The smallest absolute Gasteiger partial charge is 0.137 e. The molecule has 1 spiro atoms. The maximum atomic E-state index is 12.3. The molecule has 1 saturated carbocycles. The van der Waals surface area contributed by atoms with Gasteiger partial charge in [0, 0.05) is 17.9 Å². The van der Waals surface area contributed by atoms with Crippen molar-refractivity contribution < 1.29 is 4.79 Å². The Bertz CT molecular complexity index is 272. The van der Waals surface area contributed by atoms with Crippen LogP contribution in [0, 0.1) is 5.92 Å². The molecule has 17 heavy (non-hydrogen) atoms. The Morgan fingerprint density at radius 3 is 2.76 bits per heavy atom. The third-order valence-corrected chi connectivity index (χ3v) is 5.03. The van der Waals surface area contributed by atoms with E-state index < -0.39 is 0 Å². The number of piperidine rings is 1. The number of carbonyl (C=O) groups is 1. The molecular weight excluding hydrogens is 210 g/mol. The lowest BCUT2D eigenvalue weighted by Crippen LogP contribution is -2.58. The van der Waals surface area contributed by atoms with Crippen molar-refractivity contribution in [1.82, 2.24) is 4.90 Å². The van der Waals surface area contributed by atoms with Crippen LogP contribution in [0.1, 0.15) is 64.7 Å². The van der Waals surface area contributed by atoms with E-state index in [0.717, 1.165) is 19.3 Å². The third-order valence-electron chi connectivity index (χ3n) is 5.03. The number of ketones is 1. The van der Waals surface area contributed by atoms with Crippen LogP contribution < -0.4 is 0 Å². The van der Waals surface area contributed by atoms with E-state index >= 15 is 0 Å². The van der Waals surface area contributed by atoms with Gasteiger partial charge in [0.25, 0.3) is 0 Å². The number of hydrogen-bond donors (Lipinski definition) is 0. The molecule has 0 aromatic heterocycles. The van der Waals surface area contributed by atoms with Crippen LogP contribution in [0.15, 0.2) is 0 Å². The summed E-state index contributed by atoms with van der Waals surface area (Å²) in [5, 5.41) is 0. The Balaban J connectivity index is 2.17. The molecule has 2 heteroatoms. The van der Waals surface area contributed by atoms with Gasteiger partial charge in [-0.1, -0.05) is 26.2 Å². The minimum Gasteiger partial charge on any atom is -0.300 e. The van der Waals surface area contributed by atoms with E-state index in [1.54, 1.807) is 0 Å². The lowest BCUT2D eigenvalue weighted by atomic mass is 9.65. The molecule has 98 valence electrons. The largest absolute Gasteiger partial charge is 0.300 e. The zero-order valence-corrected chi connectivity index (χ0v) is 11.5. The van der Waals surface area contributed by atoms with Gasteiger partial charge in [-0.2, -0.15) is 0 Å². The van der Waals surface area contributed by atoms with Crippen molar-refractivity contribution in [3.8, 4) is 0 Å². The summed E-state index contributed by atoms with van der Waals surface area (Å²) in [4.78, 5) is 14.8. The highest BCUT2D eigenvalue weighted by Crippen LogP contribution is 2.44. The van der Waals surface area contributed by atoms with Gasteiger partial charge in [0.2, 0.25) is 0 Å². The first-order valence-corrected chi connectivity index (χ1v) is 7.44. The number of likely N-dealkylation sites (tertiary alicyclic amines) is 1. The fraction of sp³-hybridized carbons (Fsp3) is 0.933. The molecule has 1 aliphatic carbocycles. The molecule has 2 rings (SSSR count). The molecular formula is C15H27NO. The summed E-state index contributed by atoms with van der Waals surface area (Å²) < 4.78 is 0. The summed E-state index contributed by atoms with van der Waals surface area (Å²) in [6.07, 6.45) is 10.6. The second-order valence-corrected chi connectivity index (χ2v) is 6.00. The highest BCUT2D eigenvalue weighted by molar-refractivity contribution is 5.83. The van der Waals surface area contributed by atoms with Crippen LogP contribution in [0.25, 0.3) is 0 Å². The van der Waals surface area contributed by atoms with Gasteiger partial charge in [-0.3, -0.25) is 9.69 Å². The Kier molecular flexibility index (Phi) is 4.24. The highest BCUT2D eigenvalue weighted by Gasteiger charge is 2.47. The number of rotatable bonds is 3. The van der Waals surface area contributed by atoms with E-state index in [-0.39, 0.29) is 5.54 Å². The molecule has 2 nitrogen and oxygen atoms in total. The van der Waals surface area contributed by atoms with Gasteiger partial charge in [-0.15, -0.1) is 0 Å². The van der Waals surface area contributed by atoms with E-state index in [1.165, 1.54) is 45.1 Å². The molecule has 0 bridgehead atoms. The number of Topliss-reactive ketones (excluding diaryl/α,β-unsaturated/α-hetero) is 1. The standard InChI is InChI=1S/C15H27NO/c1-3-4-8-13-14(17)9-7-11-15(13)10-5-6-12-16(15)2/h13H,3-12H2,1-2H3/t13-,15?/m1/s1. The summed E-state index contributed by atoms with van der Waals surface area (Å²) in [6.45, 7) is 3.42. The van der Waals surface area contributed by atoms with Crippen LogP contribution in [0.2, 0.25) is 0 Å². The maximum absolute atomic E-state index is 12.3. The van der Waals surface area contributed by atoms with Crippen LogP contribution >= 0.6 is 0 Å². The van der Waals surface area contributed by atoms with Gasteiger partial charge in [0.15, 0.2) is 0 Å². The normalized spacial score (nSPS) is 35.4. The van der Waals surface area contributed by atoms with Crippen molar-refractivity contribution in [3.05, 3.63) is 0 Å². The van der Waals surface area contributed by atoms with Gasteiger partial charge in [-0.05, 0) is 45.7 Å². The molecule has 1 heterocycles. The Labute approximate surface area is 106 Å². The monoisotopic (exact) mass is 237 g/mol. The molecule has 0 amide bonds. The van der Waals surface area contributed by atoms with Crippen molar-refractivity contribution >= 4 is 5.78 Å². The molecule has 0 aromatic rings. The van der Waals surface area contributed by atoms with E-state index in [1.807, 2.05) is 0 Å². The first-order valence-electron chi connectivity index (χ1n) is 7.44. The Morgan fingerprint density at radius 1 is 1.29 bits per heavy atom. The molecule has 1 saturated heterocycles. The quantitative estimate of drug-likeness (QED) is 0.750.